The number of rotatable bonds is 10. The maximum Gasteiger partial charge on any atom is 0.248 e. The molecule has 196 valence electrons. The molecule has 8 heteroatoms. The van der Waals surface area contributed by atoms with Crippen molar-refractivity contribution in [3.63, 3.8) is 0 Å². The average Bonchev–Trinajstić information content (AvgIpc) is 3.44. The van der Waals surface area contributed by atoms with Gasteiger partial charge in [0.1, 0.15) is 11.8 Å². The van der Waals surface area contributed by atoms with Gasteiger partial charge >= 0.3 is 0 Å². The first kappa shape index (κ1) is 26.5. The highest BCUT2D eigenvalue weighted by Crippen LogP contribution is 2.40. The van der Waals surface area contributed by atoms with Crippen LogP contribution in [0.3, 0.4) is 0 Å². The van der Waals surface area contributed by atoms with Crippen LogP contribution in [0, 0.1) is 0 Å². The highest BCUT2D eigenvalue weighted by Gasteiger charge is 2.36. The molecule has 0 aliphatic heterocycles. The zero-order chi connectivity index (χ0) is 26.2. The highest BCUT2D eigenvalue weighted by molar-refractivity contribution is 7.10. The van der Waals surface area contributed by atoms with E-state index < -0.39 is 6.04 Å². The molecule has 37 heavy (non-hydrogen) atoms. The van der Waals surface area contributed by atoms with Gasteiger partial charge < -0.3 is 19.5 Å². The van der Waals surface area contributed by atoms with Crippen molar-refractivity contribution in [3.8, 4) is 17.2 Å². The second kappa shape index (κ2) is 12.6. The minimum atomic E-state index is -0.965. The summed E-state index contributed by atoms with van der Waals surface area (Å²) in [4.78, 5) is 30.6. The highest BCUT2D eigenvalue weighted by atomic mass is 32.1. The summed E-state index contributed by atoms with van der Waals surface area (Å²) in [5.74, 6) is 1.15. The lowest BCUT2D eigenvalue weighted by atomic mass is 9.94. The third kappa shape index (κ3) is 6.25. The number of thiophene rings is 1. The van der Waals surface area contributed by atoms with Crippen LogP contribution in [0.1, 0.15) is 48.6 Å². The molecule has 1 aliphatic carbocycles. The molecule has 1 aliphatic rings. The molecule has 1 heterocycles. The summed E-state index contributed by atoms with van der Waals surface area (Å²) in [6.45, 7) is 0. The topological polar surface area (TPSA) is 77.1 Å². The van der Waals surface area contributed by atoms with E-state index in [9.17, 15) is 9.59 Å². The van der Waals surface area contributed by atoms with E-state index in [0.29, 0.717) is 28.5 Å². The standard InChI is InChI=1S/C29H34N2O5S/c1-34-22-16-14-21(15-17-22)31(26(32)19-23-11-8-18-37-23)27(29(33)30-20-9-5-4-6-10-20)24-12-7-13-25(35-2)28(24)36-3/h7-8,11-18,20,27H,4-6,9-10,19H2,1-3H3,(H,30,33)/t27-/m1/s1. The van der Waals surface area contributed by atoms with Gasteiger partial charge in [0.2, 0.25) is 11.8 Å². The molecule has 7 nitrogen and oxygen atoms in total. The number of para-hydroxylation sites is 1. The second-order valence-electron chi connectivity index (χ2n) is 9.05. The monoisotopic (exact) mass is 522 g/mol. The number of carbonyl (C=O) groups excluding carboxylic acids is 2. The van der Waals surface area contributed by atoms with Crippen LogP contribution < -0.4 is 24.4 Å². The van der Waals surface area contributed by atoms with E-state index in [2.05, 4.69) is 5.32 Å². The first-order valence-corrected chi connectivity index (χ1v) is 13.4. The van der Waals surface area contributed by atoms with Gasteiger partial charge in [0.15, 0.2) is 11.5 Å². The van der Waals surface area contributed by atoms with Crippen LogP contribution in [0.2, 0.25) is 0 Å². The van der Waals surface area contributed by atoms with Crippen LogP contribution >= 0.6 is 11.3 Å². The number of anilines is 1. The summed E-state index contributed by atoms with van der Waals surface area (Å²) < 4.78 is 16.6. The van der Waals surface area contributed by atoms with Crippen molar-refractivity contribution in [2.75, 3.05) is 26.2 Å². The maximum atomic E-state index is 14.1. The fraction of sp³-hybridized carbons (Fsp3) is 0.379. The number of carbonyl (C=O) groups is 2. The Bertz CT molecular complexity index is 1170. The van der Waals surface area contributed by atoms with Gasteiger partial charge in [-0.25, -0.2) is 0 Å². The molecule has 3 aromatic rings. The summed E-state index contributed by atoms with van der Waals surface area (Å²) in [6, 6.07) is 15.6. The van der Waals surface area contributed by atoms with Gasteiger partial charge in [-0.15, -0.1) is 11.3 Å². The molecule has 1 fully saturated rings. The van der Waals surface area contributed by atoms with Crippen LogP contribution in [0.25, 0.3) is 0 Å². The van der Waals surface area contributed by atoms with Crippen molar-refractivity contribution in [2.45, 2.75) is 50.6 Å². The molecule has 1 saturated carbocycles. The molecule has 0 saturated heterocycles. The molecule has 0 bridgehead atoms. The Balaban J connectivity index is 1.83. The van der Waals surface area contributed by atoms with E-state index in [0.717, 1.165) is 30.6 Å². The summed E-state index contributed by atoms with van der Waals surface area (Å²) >= 11 is 1.52. The Morgan fingerprint density at radius 3 is 2.32 bits per heavy atom. The molecule has 1 aromatic heterocycles. The van der Waals surface area contributed by atoms with E-state index in [1.54, 1.807) is 56.6 Å². The Kier molecular flexibility index (Phi) is 9.06. The molecular weight excluding hydrogens is 488 g/mol. The van der Waals surface area contributed by atoms with Gasteiger partial charge in [-0.2, -0.15) is 0 Å². The molecule has 0 spiro atoms. The van der Waals surface area contributed by atoms with Gasteiger partial charge in [-0.1, -0.05) is 37.5 Å². The third-order valence-electron chi connectivity index (χ3n) is 6.71. The van der Waals surface area contributed by atoms with E-state index in [4.69, 9.17) is 14.2 Å². The number of methoxy groups -OCH3 is 3. The minimum Gasteiger partial charge on any atom is -0.497 e. The van der Waals surface area contributed by atoms with Crippen LogP contribution in [0.5, 0.6) is 17.2 Å². The lowest BCUT2D eigenvalue weighted by Crippen LogP contribution is -2.47. The Morgan fingerprint density at radius 2 is 1.70 bits per heavy atom. The van der Waals surface area contributed by atoms with Crippen LogP contribution in [0.15, 0.2) is 60.0 Å². The number of amides is 2. The average molecular weight is 523 g/mol. The summed E-state index contributed by atoms with van der Waals surface area (Å²) in [7, 11) is 4.70. The largest absolute Gasteiger partial charge is 0.497 e. The lowest BCUT2D eigenvalue weighted by molar-refractivity contribution is -0.127. The number of nitrogens with zero attached hydrogens (tertiary/aromatic N) is 1. The third-order valence-corrected chi connectivity index (χ3v) is 7.59. The van der Waals surface area contributed by atoms with E-state index >= 15 is 0 Å². The van der Waals surface area contributed by atoms with Crippen LogP contribution in [0.4, 0.5) is 5.69 Å². The van der Waals surface area contributed by atoms with Gasteiger partial charge in [0.05, 0.1) is 27.8 Å². The van der Waals surface area contributed by atoms with E-state index in [1.165, 1.54) is 17.8 Å². The zero-order valence-electron chi connectivity index (χ0n) is 21.6. The summed E-state index contributed by atoms with van der Waals surface area (Å²) in [5, 5.41) is 5.18. The number of hydrogen-bond acceptors (Lipinski definition) is 6. The fourth-order valence-electron chi connectivity index (χ4n) is 4.88. The molecule has 0 radical (unpaired) electrons. The van der Waals surface area contributed by atoms with Crippen molar-refractivity contribution in [3.05, 3.63) is 70.4 Å². The van der Waals surface area contributed by atoms with Crippen molar-refractivity contribution >= 4 is 28.8 Å². The molecule has 4 rings (SSSR count). The molecule has 2 amide bonds. The van der Waals surface area contributed by atoms with Gasteiger partial charge in [0, 0.05) is 22.2 Å². The number of benzene rings is 2. The Labute approximate surface area is 222 Å². The fourth-order valence-corrected chi connectivity index (χ4v) is 5.58. The number of ether oxygens (including phenoxy) is 3. The van der Waals surface area contributed by atoms with E-state index in [-0.39, 0.29) is 24.3 Å². The molecule has 1 N–H and O–H groups in total. The number of hydrogen-bond donors (Lipinski definition) is 1. The first-order valence-electron chi connectivity index (χ1n) is 12.6. The van der Waals surface area contributed by atoms with Gasteiger partial charge in [-0.3, -0.25) is 14.5 Å². The summed E-state index contributed by atoms with van der Waals surface area (Å²) in [6.07, 6.45) is 5.37. The van der Waals surface area contributed by atoms with Crippen LogP contribution in [-0.2, 0) is 16.0 Å². The SMILES string of the molecule is COc1ccc(N(C(=O)Cc2cccs2)[C@@H](C(=O)NC2CCCCC2)c2cccc(OC)c2OC)cc1. The normalized spacial score (nSPS) is 14.5. The van der Waals surface area contributed by atoms with E-state index in [1.807, 2.05) is 29.6 Å². The Hall–Kier alpha value is -3.52. The van der Waals surface area contributed by atoms with Crippen molar-refractivity contribution in [2.24, 2.45) is 0 Å². The smallest absolute Gasteiger partial charge is 0.248 e. The quantitative estimate of drug-likeness (QED) is 0.378. The molecule has 2 aromatic carbocycles. The van der Waals surface area contributed by atoms with Gasteiger partial charge in [0.25, 0.3) is 0 Å². The van der Waals surface area contributed by atoms with Crippen molar-refractivity contribution in [1.82, 2.24) is 5.32 Å². The van der Waals surface area contributed by atoms with Crippen molar-refractivity contribution < 1.29 is 23.8 Å². The molecular formula is C29H34N2O5S. The van der Waals surface area contributed by atoms with Gasteiger partial charge in [-0.05, 0) is 54.6 Å². The lowest BCUT2D eigenvalue weighted by Gasteiger charge is -2.34. The first-order chi connectivity index (χ1) is 18.0. The minimum absolute atomic E-state index is 0.0745. The second-order valence-corrected chi connectivity index (χ2v) is 10.1. The summed E-state index contributed by atoms with van der Waals surface area (Å²) in [5.41, 5.74) is 1.15. The van der Waals surface area contributed by atoms with Crippen LogP contribution in [-0.4, -0.2) is 39.2 Å². The zero-order valence-corrected chi connectivity index (χ0v) is 22.4. The van der Waals surface area contributed by atoms with Crippen molar-refractivity contribution in [1.29, 1.82) is 0 Å². The molecule has 0 unspecified atom stereocenters. The maximum absolute atomic E-state index is 14.1. The predicted molar refractivity (Wildman–Crippen MR) is 146 cm³/mol. The Morgan fingerprint density at radius 1 is 0.946 bits per heavy atom. The number of nitrogens with one attached hydrogen (secondary N) is 1. The molecule has 1 atom stereocenters. The predicted octanol–water partition coefficient (Wildman–Crippen LogP) is 5.54.